The third kappa shape index (κ3) is 5.56. The van der Waals surface area contributed by atoms with Gasteiger partial charge < -0.3 is 19.6 Å². The minimum atomic E-state index is -0.774. The molecule has 0 saturated heterocycles. The minimum Gasteiger partial charge on any atom is -0.495 e. The SMILES string of the molecule is COc1ccc(C)cc1N(CCCN(C)C)CC(C)C(=O)O. The van der Waals surface area contributed by atoms with Gasteiger partial charge >= 0.3 is 5.97 Å². The molecule has 22 heavy (non-hydrogen) atoms. The molecule has 5 nitrogen and oxygen atoms in total. The Bertz CT molecular complexity index is 489. The lowest BCUT2D eigenvalue weighted by Gasteiger charge is -2.29. The van der Waals surface area contributed by atoms with Crippen molar-refractivity contribution in [3.63, 3.8) is 0 Å². The van der Waals surface area contributed by atoms with Crippen molar-refractivity contribution >= 4 is 11.7 Å². The molecule has 0 bridgehead atoms. The van der Waals surface area contributed by atoms with E-state index in [9.17, 15) is 9.90 Å². The Morgan fingerprint density at radius 1 is 1.32 bits per heavy atom. The number of carbonyl (C=O) groups is 1. The molecule has 1 aromatic carbocycles. The van der Waals surface area contributed by atoms with Gasteiger partial charge in [-0.2, -0.15) is 0 Å². The highest BCUT2D eigenvalue weighted by molar-refractivity contribution is 5.71. The number of carboxylic acids is 1. The maximum Gasteiger partial charge on any atom is 0.308 e. The number of methoxy groups -OCH3 is 1. The summed E-state index contributed by atoms with van der Waals surface area (Å²) >= 11 is 0. The molecule has 0 radical (unpaired) electrons. The average Bonchev–Trinajstić information content (AvgIpc) is 2.45. The van der Waals surface area contributed by atoms with Gasteiger partial charge in [0.15, 0.2) is 0 Å². The topological polar surface area (TPSA) is 53.0 Å². The molecule has 1 aromatic rings. The molecular weight excluding hydrogens is 280 g/mol. The summed E-state index contributed by atoms with van der Waals surface area (Å²) in [5, 5.41) is 9.21. The fourth-order valence-corrected chi connectivity index (χ4v) is 2.34. The van der Waals surface area contributed by atoms with Crippen LogP contribution >= 0.6 is 0 Å². The van der Waals surface area contributed by atoms with Crippen molar-refractivity contribution in [1.82, 2.24) is 4.90 Å². The molecule has 0 spiro atoms. The molecule has 5 heteroatoms. The Balaban J connectivity index is 2.97. The molecular formula is C17H28N2O3. The van der Waals surface area contributed by atoms with Gasteiger partial charge in [0.1, 0.15) is 5.75 Å². The Kier molecular flexibility index (Phi) is 7.18. The normalized spacial score (nSPS) is 12.3. The maximum absolute atomic E-state index is 11.2. The molecule has 1 unspecified atom stereocenters. The molecule has 0 fully saturated rings. The van der Waals surface area contributed by atoms with Crippen molar-refractivity contribution in [2.45, 2.75) is 20.3 Å². The predicted octanol–water partition coefficient (Wildman–Crippen LogP) is 2.48. The third-order valence-corrected chi connectivity index (χ3v) is 3.62. The standard InChI is InChI=1S/C17H28N2O3/c1-13-7-8-16(22-5)15(11-13)19(10-6-9-18(3)4)12-14(2)17(20)21/h7-8,11,14H,6,9-10,12H2,1-5H3,(H,20,21). The highest BCUT2D eigenvalue weighted by atomic mass is 16.5. The third-order valence-electron chi connectivity index (χ3n) is 3.62. The van der Waals surface area contributed by atoms with Crippen LogP contribution in [-0.2, 0) is 4.79 Å². The largest absolute Gasteiger partial charge is 0.495 e. The van der Waals surface area contributed by atoms with Crippen LogP contribution in [0.15, 0.2) is 18.2 Å². The second kappa shape index (κ2) is 8.63. The van der Waals surface area contributed by atoms with Gasteiger partial charge in [-0.3, -0.25) is 4.79 Å². The number of anilines is 1. The Hall–Kier alpha value is -1.75. The number of rotatable bonds is 9. The summed E-state index contributed by atoms with van der Waals surface area (Å²) in [6.07, 6.45) is 0.969. The Morgan fingerprint density at radius 2 is 2.00 bits per heavy atom. The van der Waals surface area contributed by atoms with Crippen LogP contribution in [0.3, 0.4) is 0 Å². The van der Waals surface area contributed by atoms with Gasteiger partial charge in [0.2, 0.25) is 0 Å². The van der Waals surface area contributed by atoms with E-state index >= 15 is 0 Å². The molecule has 0 saturated carbocycles. The minimum absolute atomic E-state index is 0.426. The number of aryl methyl sites for hydroxylation is 1. The number of nitrogens with zero attached hydrogens (tertiary/aromatic N) is 2. The zero-order valence-corrected chi connectivity index (χ0v) is 14.3. The first-order valence-electron chi connectivity index (χ1n) is 7.62. The molecule has 0 amide bonds. The van der Waals surface area contributed by atoms with Gasteiger partial charge in [0, 0.05) is 13.1 Å². The van der Waals surface area contributed by atoms with Crippen molar-refractivity contribution in [3.8, 4) is 5.75 Å². The van der Waals surface area contributed by atoms with E-state index in [0.29, 0.717) is 6.54 Å². The summed E-state index contributed by atoms with van der Waals surface area (Å²) in [6.45, 7) is 6.01. The summed E-state index contributed by atoms with van der Waals surface area (Å²) < 4.78 is 5.45. The summed E-state index contributed by atoms with van der Waals surface area (Å²) in [5.74, 6) is -0.415. The number of aliphatic carboxylic acids is 1. The monoisotopic (exact) mass is 308 g/mol. The van der Waals surface area contributed by atoms with Crippen LogP contribution in [0.1, 0.15) is 18.9 Å². The van der Waals surface area contributed by atoms with Crippen molar-refractivity contribution in [2.24, 2.45) is 5.92 Å². The first kappa shape index (κ1) is 18.3. The lowest BCUT2D eigenvalue weighted by molar-refractivity contribution is -0.140. The fourth-order valence-electron chi connectivity index (χ4n) is 2.34. The van der Waals surface area contributed by atoms with Gasteiger partial charge in [-0.1, -0.05) is 13.0 Å². The predicted molar refractivity (Wildman–Crippen MR) is 89.9 cm³/mol. The second-order valence-electron chi connectivity index (χ2n) is 6.02. The molecule has 1 rings (SSSR count). The van der Waals surface area contributed by atoms with E-state index in [4.69, 9.17) is 4.74 Å². The van der Waals surface area contributed by atoms with E-state index in [1.54, 1.807) is 14.0 Å². The van der Waals surface area contributed by atoms with Gasteiger partial charge in [-0.05, 0) is 51.7 Å². The van der Waals surface area contributed by atoms with Gasteiger partial charge in [0.05, 0.1) is 18.7 Å². The summed E-state index contributed by atoms with van der Waals surface area (Å²) in [6, 6.07) is 6.00. The van der Waals surface area contributed by atoms with E-state index < -0.39 is 11.9 Å². The first-order chi connectivity index (χ1) is 10.3. The number of carboxylic acid groups (broad SMARTS) is 1. The average molecular weight is 308 g/mol. The van der Waals surface area contributed by atoms with E-state index in [-0.39, 0.29) is 0 Å². The van der Waals surface area contributed by atoms with Crippen LogP contribution in [0.5, 0.6) is 5.75 Å². The highest BCUT2D eigenvalue weighted by Gasteiger charge is 2.19. The van der Waals surface area contributed by atoms with E-state index in [1.807, 2.05) is 33.2 Å². The smallest absolute Gasteiger partial charge is 0.308 e. The highest BCUT2D eigenvalue weighted by Crippen LogP contribution is 2.30. The van der Waals surface area contributed by atoms with E-state index in [0.717, 1.165) is 36.5 Å². The lowest BCUT2D eigenvalue weighted by Crippen LogP contribution is -2.34. The lowest BCUT2D eigenvalue weighted by atomic mass is 10.1. The molecule has 0 heterocycles. The number of hydrogen-bond acceptors (Lipinski definition) is 4. The zero-order chi connectivity index (χ0) is 16.7. The summed E-state index contributed by atoms with van der Waals surface area (Å²) in [4.78, 5) is 15.5. The Labute approximate surface area is 133 Å². The second-order valence-corrected chi connectivity index (χ2v) is 6.02. The van der Waals surface area contributed by atoms with Gasteiger partial charge in [-0.15, -0.1) is 0 Å². The molecule has 0 aliphatic heterocycles. The fraction of sp³-hybridized carbons (Fsp3) is 0.588. The molecule has 0 aliphatic carbocycles. The van der Waals surface area contributed by atoms with Crippen molar-refractivity contribution in [2.75, 3.05) is 45.7 Å². The van der Waals surface area contributed by atoms with Crippen LogP contribution < -0.4 is 9.64 Å². The van der Waals surface area contributed by atoms with Gasteiger partial charge in [-0.25, -0.2) is 0 Å². The molecule has 124 valence electrons. The number of hydrogen-bond donors (Lipinski definition) is 1. The Morgan fingerprint density at radius 3 is 2.55 bits per heavy atom. The molecule has 0 aromatic heterocycles. The molecule has 0 aliphatic rings. The van der Waals surface area contributed by atoms with Crippen LogP contribution in [0, 0.1) is 12.8 Å². The van der Waals surface area contributed by atoms with Crippen molar-refractivity contribution in [1.29, 1.82) is 0 Å². The number of benzene rings is 1. The first-order valence-corrected chi connectivity index (χ1v) is 7.62. The van der Waals surface area contributed by atoms with E-state index in [2.05, 4.69) is 15.9 Å². The van der Waals surface area contributed by atoms with Crippen molar-refractivity contribution < 1.29 is 14.6 Å². The summed E-state index contributed by atoms with van der Waals surface area (Å²) in [5.41, 5.74) is 2.10. The van der Waals surface area contributed by atoms with Crippen molar-refractivity contribution in [3.05, 3.63) is 23.8 Å². The summed E-state index contributed by atoms with van der Waals surface area (Å²) in [7, 11) is 5.72. The quantitative estimate of drug-likeness (QED) is 0.759. The molecule has 1 atom stereocenters. The van der Waals surface area contributed by atoms with Crippen LogP contribution in [0.4, 0.5) is 5.69 Å². The van der Waals surface area contributed by atoms with E-state index in [1.165, 1.54) is 0 Å². The van der Waals surface area contributed by atoms with Gasteiger partial charge in [0.25, 0.3) is 0 Å². The van der Waals surface area contributed by atoms with Crippen LogP contribution in [0.2, 0.25) is 0 Å². The van der Waals surface area contributed by atoms with Crippen LogP contribution in [-0.4, -0.2) is 56.8 Å². The molecule has 1 N–H and O–H groups in total. The van der Waals surface area contributed by atoms with Crippen LogP contribution in [0.25, 0.3) is 0 Å². The maximum atomic E-state index is 11.2. The zero-order valence-electron chi connectivity index (χ0n) is 14.3. The number of ether oxygens (including phenoxy) is 1.